The Bertz CT molecular complexity index is 1090. The van der Waals surface area contributed by atoms with Gasteiger partial charge in [-0.1, -0.05) is 44.0 Å². The first kappa shape index (κ1) is 31.1. The first-order chi connectivity index (χ1) is 17.1. The van der Waals surface area contributed by atoms with Gasteiger partial charge in [0.2, 0.25) is 6.41 Å². The van der Waals surface area contributed by atoms with E-state index in [-0.39, 0.29) is 43.1 Å². The molecule has 0 aliphatic carbocycles. The molecular weight excluding hydrogens is 479 g/mol. The minimum Gasteiger partial charge on any atom is -0.329 e. The van der Waals surface area contributed by atoms with Crippen LogP contribution in [0.4, 0.5) is 5.82 Å². The molecule has 0 unspecified atom stereocenters. The zero-order chi connectivity index (χ0) is 27.3. The minimum atomic E-state index is -4.11. The third-order valence-corrected chi connectivity index (χ3v) is 6.50. The molecule has 0 saturated carbocycles. The molecule has 1 aromatic carbocycles. The van der Waals surface area contributed by atoms with E-state index in [1.807, 2.05) is 50.5 Å². The second-order valence-electron chi connectivity index (χ2n) is 8.13. The maximum absolute atomic E-state index is 13.3. The number of benzene rings is 1. The van der Waals surface area contributed by atoms with Crippen molar-refractivity contribution in [2.45, 2.75) is 59.9 Å². The number of rotatable bonds is 13. The number of hydrogen-bond donors (Lipinski definition) is 2. The van der Waals surface area contributed by atoms with Gasteiger partial charge >= 0.3 is 7.60 Å². The summed E-state index contributed by atoms with van der Waals surface area (Å²) < 4.78 is 12.9. The van der Waals surface area contributed by atoms with Gasteiger partial charge in [0.25, 0.3) is 5.91 Å². The van der Waals surface area contributed by atoms with Crippen LogP contribution in [0.2, 0.25) is 0 Å². The Balaban J connectivity index is 0.00000316. The number of aryl methyl sites for hydroxylation is 3. The van der Waals surface area contributed by atoms with E-state index in [1.54, 1.807) is 7.05 Å². The molecule has 2 N–H and O–H groups in total. The summed E-state index contributed by atoms with van der Waals surface area (Å²) in [5.41, 5.74) is 2.63. The number of terminal acetylenes is 1. The highest BCUT2D eigenvalue weighted by Gasteiger charge is 2.28. The van der Waals surface area contributed by atoms with Gasteiger partial charge < -0.3 is 19.3 Å². The molecule has 0 saturated heterocycles. The number of carbonyl (C=O) groups excluding carboxylic acids is 2. The van der Waals surface area contributed by atoms with Crippen LogP contribution < -0.4 is 4.90 Å². The fraction of sp³-hybridized carbons (Fsp3) is 0.500. The molecule has 198 valence electrons. The number of hydrogen-bond acceptors (Lipinski definition) is 4. The Hall–Kier alpha value is -2.92. The topological polar surface area (TPSA) is 116 Å². The molecular formula is C26H39N4O5P. The van der Waals surface area contributed by atoms with Crippen molar-refractivity contribution in [3.63, 3.8) is 0 Å². The van der Waals surface area contributed by atoms with E-state index in [9.17, 15) is 14.2 Å². The highest BCUT2D eigenvalue weighted by molar-refractivity contribution is 7.51. The third-order valence-electron chi connectivity index (χ3n) is 5.60. The zero-order valence-corrected chi connectivity index (χ0v) is 22.9. The predicted octanol–water partition coefficient (Wildman–Crippen LogP) is 3.65. The molecule has 2 rings (SSSR count). The van der Waals surface area contributed by atoms with Gasteiger partial charge in [0.15, 0.2) is 11.5 Å². The van der Waals surface area contributed by atoms with E-state index in [2.05, 4.69) is 12.0 Å². The van der Waals surface area contributed by atoms with Gasteiger partial charge in [-0.15, -0.1) is 6.42 Å². The lowest BCUT2D eigenvalue weighted by Crippen LogP contribution is -2.32. The predicted molar refractivity (Wildman–Crippen MR) is 143 cm³/mol. The number of nitrogens with zero attached hydrogens (tertiary/aromatic N) is 4. The van der Waals surface area contributed by atoms with Crippen molar-refractivity contribution < 1.29 is 23.9 Å². The second kappa shape index (κ2) is 15.2. The van der Waals surface area contributed by atoms with Gasteiger partial charge in [-0.05, 0) is 44.2 Å². The van der Waals surface area contributed by atoms with Crippen molar-refractivity contribution in [3.05, 3.63) is 46.9 Å². The average Bonchev–Trinajstić information content (AvgIpc) is 3.22. The summed E-state index contributed by atoms with van der Waals surface area (Å²) in [6.07, 6.45) is 7.62. The normalized spacial score (nSPS) is 10.7. The highest BCUT2D eigenvalue weighted by atomic mass is 31.2. The molecule has 1 heterocycles. The standard InChI is InChI=1S/C24H33N4O5P.C2H6/c1-5-15-26(4)24(30)22-23(27(18-29)16-9-10-17-34(31,32)33)25-21(28(22)6-2)14-13-20-12-8-7-11-19(20)3;1-2/h1,7-8,11-12,18H,6,9-10,13-17H2,2-4H3,(H2,31,32,33);1-2H3. The van der Waals surface area contributed by atoms with E-state index in [4.69, 9.17) is 21.2 Å². The SMILES string of the molecule is C#CCN(C)C(=O)c1c(N(C=O)CCCCP(=O)(O)O)nc(CCc2ccccc2C)n1CC.CC. The lowest BCUT2D eigenvalue weighted by Gasteiger charge is -2.20. The molecule has 0 bridgehead atoms. The molecule has 2 aromatic rings. The van der Waals surface area contributed by atoms with E-state index in [1.165, 1.54) is 20.9 Å². The Labute approximate surface area is 214 Å². The fourth-order valence-electron chi connectivity index (χ4n) is 3.76. The Morgan fingerprint density at radius 3 is 2.44 bits per heavy atom. The molecule has 0 spiro atoms. The van der Waals surface area contributed by atoms with Crippen LogP contribution in [0.15, 0.2) is 24.3 Å². The van der Waals surface area contributed by atoms with Crippen molar-refractivity contribution in [3.8, 4) is 12.3 Å². The molecule has 0 aliphatic heterocycles. The van der Waals surface area contributed by atoms with Crippen LogP contribution in [0.25, 0.3) is 0 Å². The van der Waals surface area contributed by atoms with Crippen molar-refractivity contribution in [1.82, 2.24) is 14.5 Å². The van der Waals surface area contributed by atoms with Gasteiger partial charge in [0.05, 0.1) is 6.54 Å². The summed E-state index contributed by atoms with van der Waals surface area (Å²) >= 11 is 0. The van der Waals surface area contributed by atoms with Gasteiger partial charge in [-0.3, -0.25) is 19.1 Å². The van der Waals surface area contributed by atoms with Crippen molar-refractivity contribution in [1.29, 1.82) is 0 Å². The number of aromatic nitrogens is 2. The van der Waals surface area contributed by atoms with Gasteiger partial charge in [0, 0.05) is 32.7 Å². The first-order valence-electron chi connectivity index (χ1n) is 12.2. The molecule has 0 radical (unpaired) electrons. The Morgan fingerprint density at radius 1 is 1.22 bits per heavy atom. The second-order valence-corrected chi connectivity index (χ2v) is 9.91. The number of anilines is 1. The van der Waals surface area contributed by atoms with Crippen molar-refractivity contribution >= 4 is 25.7 Å². The van der Waals surface area contributed by atoms with Crippen LogP contribution in [-0.2, 0) is 28.7 Å². The average molecular weight is 519 g/mol. The van der Waals surface area contributed by atoms with Crippen LogP contribution >= 0.6 is 7.60 Å². The van der Waals surface area contributed by atoms with E-state index in [0.717, 1.165) is 6.42 Å². The lowest BCUT2D eigenvalue weighted by atomic mass is 10.0. The molecule has 9 nitrogen and oxygen atoms in total. The van der Waals surface area contributed by atoms with E-state index < -0.39 is 7.60 Å². The molecule has 2 amide bonds. The summed E-state index contributed by atoms with van der Waals surface area (Å²) in [4.78, 5) is 50.8. The van der Waals surface area contributed by atoms with Crippen LogP contribution in [0.1, 0.15) is 61.1 Å². The summed E-state index contributed by atoms with van der Waals surface area (Å²) in [6, 6.07) is 8.06. The summed E-state index contributed by atoms with van der Waals surface area (Å²) in [5.74, 6) is 3.03. The van der Waals surface area contributed by atoms with Crippen LogP contribution in [0, 0.1) is 19.3 Å². The van der Waals surface area contributed by atoms with Gasteiger partial charge in [0.1, 0.15) is 5.82 Å². The van der Waals surface area contributed by atoms with Crippen molar-refractivity contribution in [2.24, 2.45) is 0 Å². The number of amides is 2. The Morgan fingerprint density at radius 2 is 1.89 bits per heavy atom. The molecule has 0 aliphatic rings. The maximum Gasteiger partial charge on any atom is 0.325 e. The molecule has 36 heavy (non-hydrogen) atoms. The number of unbranched alkanes of at least 4 members (excludes halogenated alkanes) is 1. The molecule has 1 aromatic heterocycles. The highest BCUT2D eigenvalue weighted by Crippen LogP contribution is 2.35. The summed E-state index contributed by atoms with van der Waals surface area (Å²) in [7, 11) is -2.51. The maximum atomic E-state index is 13.3. The third kappa shape index (κ3) is 8.94. The summed E-state index contributed by atoms with van der Waals surface area (Å²) in [5, 5.41) is 0. The smallest absolute Gasteiger partial charge is 0.325 e. The van der Waals surface area contributed by atoms with E-state index in [0.29, 0.717) is 31.6 Å². The molecule has 0 fully saturated rings. The molecule has 0 atom stereocenters. The Kier molecular flexibility index (Phi) is 13.2. The van der Waals surface area contributed by atoms with Crippen LogP contribution in [0.5, 0.6) is 0 Å². The summed E-state index contributed by atoms with van der Waals surface area (Å²) in [6.45, 7) is 8.72. The fourth-order valence-corrected chi connectivity index (χ4v) is 4.40. The molecule has 10 heteroatoms. The quantitative estimate of drug-likeness (QED) is 0.181. The van der Waals surface area contributed by atoms with Gasteiger partial charge in [-0.2, -0.15) is 0 Å². The van der Waals surface area contributed by atoms with Gasteiger partial charge in [-0.25, -0.2) is 4.98 Å². The largest absolute Gasteiger partial charge is 0.329 e. The van der Waals surface area contributed by atoms with Crippen molar-refractivity contribution in [2.75, 3.05) is 31.2 Å². The number of carbonyl (C=O) groups is 2. The zero-order valence-electron chi connectivity index (χ0n) is 22.0. The van der Waals surface area contributed by atoms with E-state index >= 15 is 0 Å². The monoisotopic (exact) mass is 518 g/mol. The van der Waals surface area contributed by atoms with Crippen LogP contribution in [0.3, 0.4) is 0 Å². The number of imidazole rings is 1. The lowest BCUT2D eigenvalue weighted by molar-refractivity contribution is -0.107. The minimum absolute atomic E-state index is 0.106. The van der Waals surface area contributed by atoms with Crippen LogP contribution in [-0.4, -0.2) is 62.9 Å². The first-order valence-corrected chi connectivity index (χ1v) is 14.0.